The van der Waals surface area contributed by atoms with Gasteiger partial charge in [-0.3, -0.25) is 9.59 Å². The Balaban J connectivity index is 2.04. The molecule has 0 heterocycles. The van der Waals surface area contributed by atoms with Crippen LogP contribution < -0.4 is 10.1 Å². The molecular formula is C21H25BrN2O3. The van der Waals surface area contributed by atoms with Crippen molar-refractivity contribution < 1.29 is 14.3 Å². The van der Waals surface area contributed by atoms with Gasteiger partial charge < -0.3 is 15.0 Å². The Morgan fingerprint density at radius 3 is 2.52 bits per heavy atom. The first-order chi connectivity index (χ1) is 12.9. The van der Waals surface area contributed by atoms with Crippen LogP contribution in [0.3, 0.4) is 0 Å². The second kappa shape index (κ2) is 10.1. The number of hydrogen-bond donors (Lipinski definition) is 1. The van der Waals surface area contributed by atoms with Crippen LogP contribution in [-0.4, -0.2) is 43.0 Å². The zero-order valence-corrected chi connectivity index (χ0v) is 17.5. The highest BCUT2D eigenvalue weighted by molar-refractivity contribution is 9.10. The third kappa shape index (κ3) is 6.10. The summed E-state index contributed by atoms with van der Waals surface area (Å²) in [7, 11) is 1.57. The molecule has 0 saturated carbocycles. The number of benzene rings is 2. The molecule has 144 valence electrons. The SMILES string of the molecule is CNC(=O)C(C)N(CCc1ccccc1)C(=O)COc1ccc(Br)c(C)c1. The third-order valence-corrected chi connectivity index (χ3v) is 5.28. The lowest BCUT2D eigenvalue weighted by Gasteiger charge is -2.28. The van der Waals surface area contributed by atoms with Crippen molar-refractivity contribution in [3.05, 3.63) is 64.1 Å². The van der Waals surface area contributed by atoms with Gasteiger partial charge >= 0.3 is 0 Å². The van der Waals surface area contributed by atoms with Crippen molar-refractivity contribution >= 4 is 27.7 Å². The molecule has 0 aliphatic heterocycles. The average molecular weight is 433 g/mol. The van der Waals surface area contributed by atoms with Crippen molar-refractivity contribution in [2.24, 2.45) is 0 Å². The molecule has 0 spiro atoms. The molecule has 0 radical (unpaired) electrons. The van der Waals surface area contributed by atoms with Crippen molar-refractivity contribution in [3.63, 3.8) is 0 Å². The fourth-order valence-corrected chi connectivity index (χ4v) is 2.96. The Labute approximate surface area is 168 Å². The maximum Gasteiger partial charge on any atom is 0.261 e. The molecule has 2 amide bonds. The number of ether oxygens (including phenoxy) is 1. The molecule has 0 aliphatic carbocycles. The van der Waals surface area contributed by atoms with E-state index in [1.807, 2.05) is 49.4 Å². The van der Waals surface area contributed by atoms with E-state index in [2.05, 4.69) is 21.2 Å². The molecule has 1 atom stereocenters. The summed E-state index contributed by atoms with van der Waals surface area (Å²) in [6.45, 7) is 4.02. The monoisotopic (exact) mass is 432 g/mol. The number of nitrogens with zero attached hydrogens (tertiary/aromatic N) is 1. The van der Waals surface area contributed by atoms with Crippen LogP contribution in [0, 0.1) is 6.92 Å². The van der Waals surface area contributed by atoms with Crippen LogP contribution in [0.2, 0.25) is 0 Å². The molecule has 1 unspecified atom stereocenters. The quantitative estimate of drug-likeness (QED) is 0.695. The molecule has 2 rings (SSSR count). The number of carbonyl (C=O) groups is 2. The van der Waals surface area contributed by atoms with Crippen molar-refractivity contribution in [1.82, 2.24) is 10.2 Å². The molecule has 0 aromatic heterocycles. The first-order valence-corrected chi connectivity index (χ1v) is 9.65. The Morgan fingerprint density at radius 1 is 1.19 bits per heavy atom. The molecule has 0 aliphatic rings. The van der Waals surface area contributed by atoms with E-state index in [0.29, 0.717) is 18.7 Å². The molecule has 5 nitrogen and oxygen atoms in total. The number of likely N-dealkylation sites (N-methyl/N-ethyl adjacent to an activating group) is 1. The zero-order chi connectivity index (χ0) is 19.8. The summed E-state index contributed by atoms with van der Waals surface area (Å²) in [6, 6.07) is 14.9. The molecule has 0 bridgehead atoms. The second-order valence-corrected chi connectivity index (χ2v) is 7.17. The maximum atomic E-state index is 12.8. The fraction of sp³-hybridized carbons (Fsp3) is 0.333. The fourth-order valence-electron chi connectivity index (χ4n) is 2.71. The largest absolute Gasteiger partial charge is 0.484 e. The highest BCUT2D eigenvalue weighted by Crippen LogP contribution is 2.21. The summed E-state index contributed by atoms with van der Waals surface area (Å²) in [5.41, 5.74) is 2.14. The third-order valence-electron chi connectivity index (χ3n) is 4.39. The van der Waals surface area contributed by atoms with Crippen molar-refractivity contribution in [2.75, 3.05) is 20.2 Å². The van der Waals surface area contributed by atoms with Crippen LogP contribution in [0.25, 0.3) is 0 Å². The van der Waals surface area contributed by atoms with Gasteiger partial charge in [-0.25, -0.2) is 0 Å². The predicted molar refractivity (Wildman–Crippen MR) is 110 cm³/mol. The van der Waals surface area contributed by atoms with Crippen molar-refractivity contribution in [1.29, 1.82) is 0 Å². The summed E-state index contributed by atoms with van der Waals surface area (Å²) in [5, 5.41) is 2.61. The first kappa shape index (κ1) is 21.0. The first-order valence-electron chi connectivity index (χ1n) is 8.86. The van der Waals surface area contributed by atoms with Gasteiger partial charge in [-0.05, 0) is 49.6 Å². The number of aryl methyl sites for hydroxylation is 1. The molecule has 27 heavy (non-hydrogen) atoms. The summed E-state index contributed by atoms with van der Waals surface area (Å²) in [5.74, 6) is 0.207. The minimum atomic E-state index is -0.568. The van der Waals surface area contributed by atoms with Crippen LogP contribution in [0.4, 0.5) is 0 Å². The summed E-state index contributed by atoms with van der Waals surface area (Å²) >= 11 is 3.44. The topological polar surface area (TPSA) is 58.6 Å². The van der Waals surface area contributed by atoms with E-state index in [0.717, 1.165) is 15.6 Å². The highest BCUT2D eigenvalue weighted by atomic mass is 79.9. The van der Waals surface area contributed by atoms with Crippen molar-refractivity contribution in [2.45, 2.75) is 26.3 Å². The highest BCUT2D eigenvalue weighted by Gasteiger charge is 2.25. The normalized spacial score (nSPS) is 11.6. The second-order valence-electron chi connectivity index (χ2n) is 6.31. The van der Waals surface area contributed by atoms with Crippen LogP contribution in [-0.2, 0) is 16.0 Å². The van der Waals surface area contributed by atoms with Crippen molar-refractivity contribution in [3.8, 4) is 5.75 Å². The Bertz CT molecular complexity index is 780. The van der Waals surface area contributed by atoms with Gasteiger partial charge in [0.25, 0.3) is 5.91 Å². The van der Waals surface area contributed by atoms with Gasteiger partial charge in [-0.15, -0.1) is 0 Å². The number of nitrogens with one attached hydrogen (secondary N) is 1. The van der Waals surface area contributed by atoms with E-state index in [4.69, 9.17) is 4.74 Å². The smallest absolute Gasteiger partial charge is 0.261 e. The number of carbonyl (C=O) groups excluding carboxylic acids is 2. The van der Waals surface area contributed by atoms with E-state index in [-0.39, 0.29) is 18.4 Å². The number of amides is 2. The van der Waals surface area contributed by atoms with Gasteiger partial charge in [0.1, 0.15) is 11.8 Å². The van der Waals surface area contributed by atoms with Gasteiger partial charge in [-0.2, -0.15) is 0 Å². The zero-order valence-electron chi connectivity index (χ0n) is 15.9. The minimum absolute atomic E-state index is 0.114. The van der Waals surface area contributed by atoms with E-state index in [9.17, 15) is 9.59 Å². The Hall–Kier alpha value is -2.34. The Morgan fingerprint density at radius 2 is 1.89 bits per heavy atom. The molecule has 0 fully saturated rings. The molecule has 1 N–H and O–H groups in total. The number of rotatable bonds is 8. The van der Waals surface area contributed by atoms with E-state index in [1.165, 1.54) is 0 Å². The summed E-state index contributed by atoms with van der Waals surface area (Å²) in [4.78, 5) is 26.4. The predicted octanol–water partition coefficient (Wildman–Crippen LogP) is 3.34. The van der Waals surface area contributed by atoms with Gasteiger partial charge in [-0.1, -0.05) is 46.3 Å². The van der Waals surface area contributed by atoms with E-state index >= 15 is 0 Å². The standard InChI is InChI=1S/C21H25BrN2O3/c1-15-13-18(9-10-19(15)22)27-14-20(25)24(16(2)21(26)23-3)12-11-17-7-5-4-6-8-17/h4-10,13,16H,11-12,14H2,1-3H3,(H,23,26). The lowest BCUT2D eigenvalue weighted by Crippen LogP contribution is -2.49. The summed E-state index contributed by atoms with van der Waals surface area (Å²) in [6.07, 6.45) is 0.672. The maximum absolute atomic E-state index is 12.8. The van der Waals surface area contributed by atoms with Crippen LogP contribution in [0.5, 0.6) is 5.75 Å². The number of halogens is 1. The molecule has 6 heteroatoms. The van der Waals surface area contributed by atoms with Crippen LogP contribution in [0.15, 0.2) is 53.0 Å². The lowest BCUT2D eigenvalue weighted by molar-refractivity contribution is -0.141. The van der Waals surface area contributed by atoms with Crippen LogP contribution >= 0.6 is 15.9 Å². The van der Waals surface area contributed by atoms with E-state index in [1.54, 1.807) is 24.9 Å². The molecule has 0 saturated heterocycles. The van der Waals surface area contributed by atoms with Gasteiger partial charge in [0.15, 0.2) is 6.61 Å². The number of hydrogen-bond acceptors (Lipinski definition) is 3. The van der Waals surface area contributed by atoms with Gasteiger partial charge in [0.05, 0.1) is 0 Å². The summed E-state index contributed by atoms with van der Waals surface area (Å²) < 4.78 is 6.64. The molecule has 2 aromatic carbocycles. The minimum Gasteiger partial charge on any atom is -0.484 e. The van der Waals surface area contributed by atoms with Gasteiger partial charge in [0, 0.05) is 18.1 Å². The molecule has 2 aromatic rings. The van der Waals surface area contributed by atoms with Crippen LogP contribution in [0.1, 0.15) is 18.1 Å². The van der Waals surface area contributed by atoms with E-state index < -0.39 is 6.04 Å². The lowest BCUT2D eigenvalue weighted by atomic mass is 10.1. The molecular weight excluding hydrogens is 408 g/mol. The Kier molecular flexibility index (Phi) is 7.85. The average Bonchev–Trinajstić information content (AvgIpc) is 2.69. The van der Waals surface area contributed by atoms with Gasteiger partial charge in [0.2, 0.25) is 5.91 Å².